The first-order valence-electron chi connectivity index (χ1n) is 7.53. The summed E-state index contributed by atoms with van der Waals surface area (Å²) in [4.78, 5) is 14.5. The molecule has 1 aliphatic heterocycles. The molecule has 0 aromatic rings. The van der Waals surface area contributed by atoms with Crippen LogP contribution in [0.4, 0.5) is 0 Å². The Morgan fingerprint density at radius 1 is 1.32 bits per heavy atom. The van der Waals surface area contributed by atoms with Gasteiger partial charge in [-0.1, -0.05) is 13.8 Å². The Kier molecular flexibility index (Phi) is 4.51. The molecule has 0 radical (unpaired) electrons. The lowest BCUT2D eigenvalue weighted by Gasteiger charge is -2.30. The van der Waals surface area contributed by atoms with Crippen molar-refractivity contribution in [1.29, 1.82) is 0 Å². The first-order chi connectivity index (χ1) is 8.94. The Morgan fingerprint density at radius 3 is 2.37 bits per heavy atom. The number of ether oxygens (including phenoxy) is 1. The van der Waals surface area contributed by atoms with E-state index in [1.165, 1.54) is 20.0 Å². The van der Waals surface area contributed by atoms with E-state index in [4.69, 9.17) is 4.74 Å². The van der Waals surface area contributed by atoms with Crippen LogP contribution in [-0.4, -0.2) is 49.2 Å². The largest absolute Gasteiger partial charge is 0.468 e. The number of carbonyl (C=O) groups excluding carboxylic acids is 1. The quantitative estimate of drug-likeness (QED) is 0.744. The first kappa shape index (κ1) is 14.8. The van der Waals surface area contributed by atoms with Crippen molar-refractivity contribution in [3.8, 4) is 0 Å². The van der Waals surface area contributed by atoms with Gasteiger partial charge in [-0.2, -0.15) is 0 Å². The van der Waals surface area contributed by atoms with Gasteiger partial charge in [-0.15, -0.1) is 0 Å². The topological polar surface area (TPSA) is 41.6 Å². The van der Waals surface area contributed by atoms with Crippen LogP contribution in [0.5, 0.6) is 0 Å². The summed E-state index contributed by atoms with van der Waals surface area (Å²) in [6.45, 7) is 9.89. The van der Waals surface area contributed by atoms with Crippen LogP contribution in [0.2, 0.25) is 0 Å². The average Bonchev–Trinajstić information content (AvgIpc) is 3.12. The molecule has 0 spiro atoms. The maximum absolute atomic E-state index is 12.0. The highest BCUT2D eigenvalue weighted by atomic mass is 16.5. The Hall–Kier alpha value is -0.610. The predicted molar refractivity (Wildman–Crippen MR) is 76.0 cm³/mol. The van der Waals surface area contributed by atoms with E-state index in [2.05, 4.69) is 24.1 Å². The monoisotopic (exact) mass is 268 g/mol. The van der Waals surface area contributed by atoms with Gasteiger partial charge in [-0.05, 0) is 38.0 Å². The first-order valence-corrected chi connectivity index (χ1v) is 7.53. The number of rotatable bonds is 6. The zero-order chi connectivity index (χ0) is 14.0. The molecule has 3 atom stereocenters. The van der Waals surface area contributed by atoms with E-state index in [0.29, 0.717) is 6.04 Å². The van der Waals surface area contributed by atoms with Crippen LogP contribution in [0, 0.1) is 11.8 Å². The third-order valence-corrected chi connectivity index (χ3v) is 4.73. The van der Waals surface area contributed by atoms with Crippen LogP contribution in [0.3, 0.4) is 0 Å². The molecule has 4 heteroatoms. The number of nitrogens with one attached hydrogen (secondary N) is 1. The molecule has 19 heavy (non-hydrogen) atoms. The summed E-state index contributed by atoms with van der Waals surface area (Å²) in [6.07, 6.45) is 3.20. The van der Waals surface area contributed by atoms with Gasteiger partial charge < -0.3 is 9.64 Å². The molecular formula is C15H28N2O2. The van der Waals surface area contributed by atoms with E-state index >= 15 is 0 Å². The summed E-state index contributed by atoms with van der Waals surface area (Å²) in [5.41, 5.74) is -0.523. The third kappa shape index (κ3) is 3.69. The summed E-state index contributed by atoms with van der Waals surface area (Å²) < 4.78 is 4.98. The van der Waals surface area contributed by atoms with E-state index in [1.807, 2.05) is 6.92 Å². The standard InChI is InChI=1S/C15H28N2O2/c1-11-9-17(10-12(11)2)8-7-15(3,14(18)19-4)16-13-5-6-13/h11-13,16H,5-10H2,1-4H3. The number of hydrogen-bond donors (Lipinski definition) is 1. The highest BCUT2D eigenvalue weighted by Crippen LogP contribution is 2.27. The molecule has 0 aromatic carbocycles. The van der Waals surface area contributed by atoms with Crippen molar-refractivity contribution in [3.05, 3.63) is 0 Å². The molecule has 110 valence electrons. The van der Waals surface area contributed by atoms with Crippen molar-refractivity contribution in [1.82, 2.24) is 10.2 Å². The second-order valence-electron chi connectivity index (χ2n) is 6.71. The molecule has 1 saturated heterocycles. The van der Waals surface area contributed by atoms with Gasteiger partial charge in [0.15, 0.2) is 0 Å². The molecule has 0 amide bonds. The van der Waals surface area contributed by atoms with Crippen LogP contribution >= 0.6 is 0 Å². The summed E-state index contributed by atoms with van der Waals surface area (Å²) in [5, 5.41) is 3.46. The zero-order valence-corrected chi connectivity index (χ0v) is 12.7. The molecule has 1 N–H and O–H groups in total. The van der Waals surface area contributed by atoms with Crippen LogP contribution in [0.1, 0.15) is 40.0 Å². The van der Waals surface area contributed by atoms with Gasteiger partial charge in [-0.25, -0.2) is 0 Å². The fourth-order valence-corrected chi connectivity index (χ4v) is 2.95. The molecule has 0 bridgehead atoms. The Labute approximate surface area is 116 Å². The minimum absolute atomic E-state index is 0.125. The van der Waals surface area contributed by atoms with Crippen LogP contribution in [-0.2, 0) is 9.53 Å². The minimum Gasteiger partial charge on any atom is -0.468 e. The molecule has 2 rings (SSSR count). The molecule has 2 aliphatic rings. The number of likely N-dealkylation sites (tertiary alicyclic amines) is 1. The van der Waals surface area contributed by atoms with Crippen LogP contribution in [0.25, 0.3) is 0 Å². The number of hydrogen-bond acceptors (Lipinski definition) is 4. The van der Waals surface area contributed by atoms with E-state index in [-0.39, 0.29) is 5.97 Å². The second-order valence-corrected chi connectivity index (χ2v) is 6.71. The van der Waals surface area contributed by atoms with Gasteiger partial charge in [0.1, 0.15) is 5.54 Å². The van der Waals surface area contributed by atoms with E-state index in [1.54, 1.807) is 0 Å². The number of methoxy groups -OCH3 is 1. The van der Waals surface area contributed by atoms with Crippen molar-refractivity contribution in [2.24, 2.45) is 11.8 Å². The summed E-state index contributed by atoms with van der Waals surface area (Å²) in [5.74, 6) is 1.40. The van der Waals surface area contributed by atoms with Gasteiger partial charge in [0.25, 0.3) is 0 Å². The van der Waals surface area contributed by atoms with Gasteiger partial charge in [-0.3, -0.25) is 10.1 Å². The molecule has 0 aromatic heterocycles. The molecule has 2 fully saturated rings. The third-order valence-electron chi connectivity index (χ3n) is 4.73. The van der Waals surface area contributed by atoms with Gasteiger partial charge in [0.2, 0.25) is 0 Å². The average molecular weight is 268 g/mol. The lowest BCUT2D eigenvalue weighted by Crippen LogP contribution is -2.52. The Morgan fingerprint density at radius 2 is 1.89 bits per heavy atom. The fraction of sp³-hybridized carbons (Fsp3) is 0.933. The molecule has 3 unspecified atom stereocenters. The normalized spacial score (nSPS) is 31.2. The van der Waals surface area contributed by atoms with Crippen LogP contribution < -0.4 is 5.32 Å². The second kappa shape index (κ2) is 5.80. The number of carbonyl (C=O) groups is 1. The summed E-state index contributed by atoms with van der Waals surface area (Å²) in [7, 11) is 1.48. The number of nitrogens with zero attached hydrogens (tertiary/aromatic N) is 1. The van der Waals surface area contributed by atoms with Gasteiger partial charge >= 0.3 is 5.97 Å². The molecule has 1 heterocycles. The SMILES string of the molecule is COC(=O)C(C)(CCN1CC(C)C(C)C1)NC1CC1. The zero-order valence-electron chi connectivity index (χ0n) is 12.7. The van der Waals surface area contributed by atoms with Crippen molar-refractivity contribution < 1.29 is 9.53 Å². The predicted octanol–water partition coefficient (Wildman–Crippen LogP) is 1.65. The van der Waals surface area contributed by atoms with E-state index < -0.39 is 5.54 Å². The van der Waals surface area contributed by atoms with Gasteiger partial charge in [0.05, 0.1) is 7.11 Å². The maximum atomic E-state index is 12.0. The van der Waals surface area contributed by atoms with Crippen LogP contribution in [0.15, 0.2) is 0 Å². The van der Waals surface area contributed by atoms with Crippen molar-refractivity contribution in [2.75, 3.05) is 26.7 Å². The molecule has 1 aliphatic carbocycles. The highest BCUT2D eigenvalue weighted by Gasteiger charge is 2.40. The Balaban J connectivity index is 1.87. The molecule has 4 nitrogen and oxygen atoms in total. The van der Waals surface area contributed by atoms with Crippen molar-refractivity contribution in [2.45, 2.75) is 51.6 Å². The Bertz CT molecular complexity index is 320. The van der Waals surface area contributed by atoms with E-state index in [9.17, 15) is 4.79 Å². The highest BCUT2D eigenvalue weighted by molar-refractivity contribution is 5.80. The lowest BCUT2D eigenvalue weighted by atomic mass is 9.97. The lowest BCUT2D eigenvalue weighted by molar-refractivity contribution is -0.148. The molecule has 1 saturated carbocycles. The maximum Gasteiger partial charge on any atom is 0.325 e. The summed E-state index contributed by atoms with van der Waals surface area (Å²) >= 11 is 0. The minimum atomic E-state index is -0.523. The summed E-state index contributed by atoms with van der Waals surface area (Å²) in [6, 6.07) is 0.514. The number of esters is 1. The smallest absolute Gasteiger partial charge is 0.325 e. The van der Waals surface area contributed by atoms with E-state index in [0.717, 1.165) is 37.9 Å². The molecular weight excluding hydrogens is 240 g/mol. The van der Waals surface area contributed by atoms with Crippen molar-refractivity contribution in [3.63, 3.8) is 0 Å². The van der Waals surface area contributed by atoms with Crippen molar-refractivity contribution >= 4 is 5.97 Å². The van der Waals surface area contributed by atoms with Gasteiger partial charge in [0, 0.05) is 25.7 Å². The fourth-order valence-electron chi connectivity index (χ4n) is 2.95.